The molecule has 0 saturated carbocycles. The number of nitrogens with zero attached hydrogens (tertiary/aromatic N) is 2. The zero-order valence-electron chi connectivity index (χ0n) is 14.9. The summed E-state index contributed by atoms with van der Waals surface area (Å²) in [5.74, 6) is 0.229. The maximum Gasteiger partial charge on any atom is 0.263 e. The highest BCUT2D eigenvalue weighted by molar-refractivity contribution is 7.13. The van der Waals surface area contributed by atoms with Crippen LogP contribution in [0.1, 0.15) is 72.2 Å². The standard InChI is InChI=1S/C18H29N3O2S/c1-3-4-9-15-20-14(2)17(24-15)18(23)19-11-8-13-21-12-7-5-6-10-16(21)22/h3-13H2,1-2H3,(H,19,23). The molecule has 0 aromatic carbocycles. The first kappa shape index (κ1) is 18.9. The molecule has 1 saturated heterocycles. The first-order valence-electron chi connectivity index (χ1n) is 9.14. The molecule has 0 spiro atoms. The Morgan fingerprint density at radius 1 is 1.29 bits per heavy atom. The lowest BCUT2D eigenvalue weighted by atomic mass is 10.2. The molecule has 1 fully saturated rings. The predicted octanol–water partition coefficient (Wildman–Crippen LogP) is 3.32. The van der Waals surface area contributed by atoms with E-state index in [9.17, 15) is 9.59 Å². The third kappa shape index (κ3) is 5.58. The zero-order chi connectivity index (χ0) is 17.4. The number of likely N-dealkylation sites (tertiary alicyclic amines) is 1. The van der Waals surface area contributed by atoms with Crippen LogP contribution in [0.25, 0.3) is 0 Å². The molecule has 24 heavy (non-hydrogen) atoms. The monoisotopic (exact) mass is 351 g/mol. The van der Waals surface area contributed by atoms with E-state index < -0.39 is 0 Å². The Kier molecular flexibility index (Phi) is 7.69. The van der Waals surface area contributed by atoms with Gasteiger partial charge >= 0.3 is 0 Å². The Balaban J connectivity index is 1.74. The Labute approximate surface area is 148 Å². The second-order valence-corrected chi connectivity index (χ2v) is 7.51. The predicted molar refractivity (Wildman–Crippen MR) is 97.5 cm³/mol. The van der Waals surface area contributed by atoms with Crippen LogP contribution in [0, 0.1) is 6.92 Å². The molecule has 0 bridgehead atoms. The van der Waals surface area contributed by atoms with Crippen LogP contribution in [0.4, 0.5) is 0 Å². The van der Waals surface area contributed by atoms with Gasteiger partial charge in [0.2, 0.25) is 5.91 Å². The summed E-state index contributed by atoms with van der Waals surface area (Å²) in [6.07, 6.45) is 7.92. The van der Waals surface area contributed by atoms with Crippen LogP contribution in [0.3, 0.4) is 0 Å². The van der Waals surface area contributed by atoms with Crippen molar-refractivity contribution in [1.29, 1.82) is 0 Å². The molecule has 1 N–H and O–H groups in total. The second kappa shape index (κ2) is 9.77. The average Bonchev–Trinajstić information content (AvgIpc) is 2.82. The molecule has 134 valence electrons. The number of hydrogen-bond acceptors (Lipinski definition) is 4. The number of rotatable bonds is 8. The molecule has 2 heterocycles. The van der Waals surface area contributed by atoms with Gasteiger partial charge in [0.05, 0.1) is 10.7 Å². The van der Waals surface area contributed by atoms with Crippen LogP contribution in [0.5, 0.6) is 0 Å². The number of thiazole rings is 1. The SMILES string of the molecule is CCCCc1nc(C)c(C(=O)NCCCN2CCCCCC2=O)s1. The van der Waals surface area contributed by atoms with Gasteiger partial charge in [-0.25, -0.2) is 4.98 Å². The number of carbonyl (C=O) groups is 2. The van der Waals surface area contributed by atoms with Gasteiger partial charge in [-0.3, -0.25) is 9.59 Å². The first-order valence-corrected chi connectivity index (χ1v) is 9.95. The molecule has 6 heteroatoms. The Morgan fingerprint density at radius 3 is 2.92 bits per heavy atom. The van der Waals surface area contributed by atoms with Crippen molar-refractivity contribution in [2.75, 3.05) is 19.6 Å². The molecule has 0 radical (unpaired) electrons. The molecule has 0 aliphatic carbocycles. The number of unbranched alkanes of at least 4 members (excludes halogenated alkanes) is 1. The lowest BCUT2D eigenvalue weighted by molar-refractivity contribution is -0.130. The van der Waals surface area contributed by atoms with Gasteiger partial charge in [0.15, 0.2) is 0 Å². The van der Waals surface area contributed by atoms with Crippen molar-refractivity contribution in [3.63, 3.8) is 0 Å². The third-order valence-electron chi connectivity index (χ3n) is 4.35. The molecule has 1 aliphatic heterocycles. The number of aromatic nitrogens is 1. The molecule has 5 nitrogen and oxygen atoms in total. The van der Waals surface area contributed by atoms with Gasteiger partial charge in [-0.05, 0) is 39.0 Å². The van der Waals surface area contributed by atoms with Crippen molar-refractivity contribution < 1.29 is 9.59 Å². The van der Waals surface area contributed by atoms with Crippen LogP contribution >= 0.6 is 11.3 Å². The lowest BCUT2D eigenvalue weighted by Gasteiger charge is -2.20. The summed E-state index contributed by atoms with van der Waals surface area (Å²) in [6.45, 7) is 6.26. The van der Waals surface area contributed by atoms with Gasteiger partial charge in [0, 0.05) is 26.1 Å². The third-order valence-corrected chi connectivity index (χ3v) is 5.57. The molecule has 0 atom stereocenters. The number of hydrogen-bond donors (Lipinski definition) is 1. The summed E-state index contributed by atoms with van der Waals surface area (Å²) in [7, 11) is 0. The molecule has 2 amide bonds. The molecule has 1 aromatic heterocycles. The van der Waals surface area contributed by atoms with Crippen molar-refractivity contribution in [3.8, 4) is 0 Å². The smallest absolute Gasteiger partial charge is 0.263 e. The van der Waals surface area contributed by atoms with E-state index >= 15 is 0 Å². The highest BCUT2D eigenvalue weighted by atomic mass is 32.1. The van der Waals surface area contributed by atoms with Gasteiger partial charge in [-0.1, -0.05) is 19.8 Å². The van der Waals surface area contributed by atoms with Crippen LogP contribution in [0.15, 0.2) is 0 Å². The summed E-state index contributed by atoms with van der Waals surface area (Å²) in [5, 5.41) is 4.02. The van der Waals surface area contributed by atoms with Crippen LogP contribution in [-0.4, -0.2) is 41.3 Å². The van der Waals surface area contributed by atoms with Gasteiger partial charge in [0.25, 0.3) is 5.91 Å². The molecular weight excluding hydrogens is 322 g/mol. The van der Waals surface area contributed by atoms with Gasteiger partial charge in [0.1, 0.15) is 4.88 Å². The van der Waals surface area contributed by atoms with E-state index in [0.717, 1.165) is 73.6 Å². The second-order valence-electron chi connectivity index (χ2n) is 6.43. The topological polar surface area (TPSA) is 62.3 Å². The van der Waals surface area contributed by atoms with E-state index in [4.69, 9.17) is 0 Å². The fraction of sp³-hybridized carbons (Fsp3) is 0.722. The molecular formula is C18H29N3O2S. The summed E-state index contributed by atoms with van der Waals surface area (Å²) in [5.41, 5.74) is 0.825. The Hall–Kier alpha value is -1.43. The van der Waals surface area contributed by atoms with Crippen molar-refractivity contribution in [3.05, 3.63) is 15.6 Å². The quantitative estimate of drug-likeness (QED) is 0.731. The number of carbonyl (C=O) groups excluding carboxylic acids is 2. The molecule has 1 aliphatic rings. The molecule has 0 unspecified atom stereocenters. The summed E-state index contributed by atoms with van der Waals surface area (Å²) >= 11 is 1.51. The fourth-order valence-electron chi connectivity index (χ4n) is 2.92. The van der Waals surface area contributed by atoms with Crippen LogP contribution in [0.2, 0.25) is 0 Å². The average molecular weight is 352 g/mol. The zero-order valence-corrected chi connectivity index (χ0v) is 15.7. The summed E-state index contributed by atoms with van der Waals surface area (Å²) in [6, 6.07) is 0. The van der Waals surface area contributed by atoms with Crippen LogP contribution in [-0.2, 0) is 11.2 Å². The largest absolute Gasteiger partial charge is 0.351 e. The van der Waals surface area contributed by atoms with Crippen molar-refractivity contribution >= 4 is 23.2 Å². The highest BCUT2D eigenvalue weighted by Crippen LogP contribution is 2.19. The normalized spacial score (nSPS) is 15.4. The van der Waals surface area contributed by atoms with E-state index in [0.29, 0.717) is 13.0 Å². The number of nitrogens with one attached hydrogen (secondary N) is 1. The van der Waals surface area contributed by atoms with Gasteiger partial charge in [-0.2, -0.15) is 0 Å². The number of aryl methyl sites for hydroxylation is 2. The maximum absolute atomic E-state index is 12.3. The van der Waals surface area contributed by atoms with E-state index in [1.54, 1.807) is 0 Å². The van der Waals surface area contributed by atoms with Crippen LogP contribution < -0.4 is 5.32 Å². The van der Waals surface area contributed by atoms with Crippen molar-refractivity contribution in [2.24, 2.45) is 0 Å². The van der Waals surface area contributed by atoms with Crippen molar-refractivity contribution in [2.45, 2.75) is 65.2 Å². The minimum absolute atomic E-state index is 0.0325. The summed E-state index contributed by atoms with van der Waals surface area (Å²) < 4.78 is 0. The van der Waals surface area contributed by atoms with E-state index in [1.807, 2.05) is 11.8 Å². The Bertz CT molecular complexity index is 556. The molecule has 1 aromatic rings. The summed E-state index contributed by atoms with van der Waals surface area (Å²) in [4.78, 5) is 31.4. The van der Waals surface area contributed by atoms with Crippen molar-refractivity contribution in [1.82, 2.24) is 15.2 Å². The Morgan fingerprint density at radius 2 is 2.12 bits per heavy atom. The maximum atomic E-state index is 12.3. The number of amides is 2. The highest BCUT2D eigenvalue weighted by Gasteiger charge is 2.17. The van der Waals surface area contributed by atoms with E-state index in [2.05, 4.69) is 17.2 Å². The minimum Gasteiger partial charge on any atom is -0.351 e. The van der Waals surface area contributed by atoms with E-state index in [-0.39, 0.29) is 11.8 Å². The minimum atomic E-state index is -0.0325. The lowest BCUT2D eigenvalue weighted by Crippen LogP contribution is -2.33. The van der Waals surface area contributed by atoms with E-state index in [1.165, 1.54) is 11.3 Å². The molecule has 2 rings (SSSR count). The van der Waals surface area contributed by atoms with Gasteiger partial charge in [-0.15, -0.1) is 11.3 Å². The van der Waals surface area contributed by atoms with Gasteiger partial charge < -0.3 is 10.2 Å². The first-order chi connectivity index (χ1) is 11.6. The fourth-order valence-corrected chi connectivity index (χ4v) is 3.95.